The molecule has 1 unspecified atom stereocenters. The summed E-state index contributed by atoms with van der Waals surface area (Å²) < 4.78 is 39.5. The molecule has 16 heavy (non-hydrogen) atoms. The summed E-state index contributed by atoms with van der Waals surface area (Å²) in [5.41, 5.74) is 6.33. The van der Waals surface area contributed by atoms with E-state index in [1.54, 1.807) is 6.92 Å². The van der Waals surface area contributed by atoms with Crippen molar-refractivity contribution >= 4 is 11.6 Å². The number of alkyl halides is 3. The van der Waals surface area contributed by atoms with E-state index in [0.717, 1.165) is 5.56 Å². The molecule has 1 rings (SSSR count). The molecule has 0 radical (unpaired) electrons. The molecular weight excluding hydrogens is 243 g/mol. The van der Waals surface area contributed by atoms with Gasteiger partial charge in [-0.05, 0) is 31.0 Å². The lowest BCUT2D eigenvalue weighted by Crippen LogP contribution is -2.18. The van der Waals surface area contributed by atoms with Gasteiger partial charge in [-0.3, -0.25) is 0 Å². The Morgan fingerprint density at radius 1 is 1.44 bits per heavy atom. The average molecular weight is 254 g/mol. The first-order valence-electron chi connectivity index (χ1n) is 4.57. The topological polar surface area (TPSA) is 35.2 Å². The Hall–Kier alpha value is -0.940. The van der Waals surface area contributed by atoms with Gasteiger partial charge >= 0.3 is 6.36 Å². The number of ether oxygens (including phenoxy) is 1. The van der Waals surface area contributed by atoms with Crippen molar-refractivity contribution in [1.29, 1.82) is 0 Å². The fourth-order valence-corrected chi connectivity index (χ4v) is 1.49. The van der Waals surface area contributed by atoms with Crippen LogP contribution < -0.4 is 10.5 Å². The first-order chi connectivity index (χ1) is 7.28. The molecule has 6 heteroatoms. The maximum atomic E-state index is 11.9. The molecule has 0 aliphatic rings. The highest BCUT2D eigenvalue weighted by molar-refractivity contribution is 6.32. The lowest BCUT2D eigenvalue weighted by Gasteiger charge is -2.12. The lowest BCUT2D eigenvalue weighted by atomic mass is 10.1. The molecule has 1 aromatic carbocycles. The number of nitrogens with two attached hydrogens (primary N) is 1. The third-order valence-corrected chi connectivity index (χ3v) is 2.08. The largest absolute Gasteiger partial charge is 0.573 e. The minimum Gasteiger partial charge on any atom is -0.404 e. The molecule has 1 atom stereocenters. The van der Waals surface area contributed by atoms with Crippen LogP contribution in [-0.4, -0.2) is 12.4 Å². The summed E-state index contributed by atoms with van der Waals surface area (Å²) in [5, 5.41) is -0.0736. The van der Waals surface area contributed by atoms with Crippen molar-refractivity contribution in [3.05, 3.63) is 28.8 Å². The van der Waals surface area contributed by atoms with Crippen LogP contribution in [0.5, 0.6) is 5.75 Å². The molecule has 0 aromatic heterocycles. The molecule has 0 saturated heterocycles. The van der Waals surface area contributed by atoms with Gasteiger partial charge in [-0.25, -0.2) is 0 Å². The van der Waals surface area contributed by atoms with Gasteiger partial charge in [0.2, 0.25) is 0 Å². The second-order valence-electron chi connectivity index (χ2n) is 3.49. The van der Waals surface area contributed by atoms with Gasteiger partial charge < -0.3 is 10.5 Å². The predicted octanol–water partition coefficient (Wildman–Crippen LogP) is 3.13. The Kier molecular flexibility index (Phi) is 4.04. The van der Waals surface area contributed by atoms with Gasteiger partial charge in [0, 0.05) is 6.04 Å². The van der Waals surface area contributed by atoms with Crippen molar-refractivity contribution in [3.63, 3.8) is 0 Å². The number of hydrogen-bond donors (Lipinski definition) is 1. The molecule has 0 aliphatic heterocycles. The second-order valence-corrected chi connectivity index (χ2v) is 3.90. The normalized spacial score (nSPS) is 13.6. The van der Waals surface area contributed by atoms with Crippen LogP contribution in [0.25, 0.3) is 0 Å². The second kappa shape index (κ2) is 4.93. The van der Waals surface area contributed by atoms with Crippen LogP contribution in [0.2, 0.25) is 5.02 Å². The fraction of sp³-hybridized carbons (Fsp3) is 0.400. The summed E-state index contributed by atoms with van der Waals surface area (Å²) in [4.78, 5) is 0. The van der Waals surface area contributed by atoms with E-state index < -0.39 is 12.1 Å². The monoisotopic (exact) mass is 253 g/mol. The molecule has 2 nitrogen and oxygen atoms in total. The Balaban J connectivity index is 2.83. The van der Waals surface area contributed by atoms with E-state index >= 15 is 0 Å². The fourth-order valence-electron chi connectivity index (χ4n) is 1.25. The maximum absolute atomic E-state index is 11.9. The Morgan fingerprint density at radius 3 is 2.50 bits per heavy atom. The molecule has 0 aliphatic carbocycles. The van der Waals surface area contributed by atoms with Crippen molar-refractivity contribution in [2.45, 2.75) is 25.7 Å². The zero-order chi connectivity index (χ0) is 12.3. The van der Waals surface area contributed by atoms with Crippen LogP contribution in [0.4, 0.5) is 13.2 Å². The molecule has 2 N–H and O–H groups in total. The summed E-state index contributed by atoms with van der Waals surface area (Å²) >= 11 is 5.65. The number of halogens is 4. The summed E-state index contributed by atoms with van der Waals surface area (Å²) in [7, 11) is 0. The summed E-state index contributed by atoms with van der Waals surface area (Å²) in [6.07, 6.45) is -4.18. The minimum absolute atomic E-state index is 0.0736. The summed E-state index contributed by atoms with van der Waals surface area (Å²) in [6.45, 7) is 1.80. The van der Waals surface area contributed by atoms with Gasteiger partial charge in [0.05, 0.1) is 5.02 Å². The Morgan fingerprint density at radius 2 is 2.06 bits per heavy atom. The minimum atomic E-state index is -4.73. The highest BCUT2D eigenvalue weighted by atomic mass is 35.5. The quantitative estimate of drug-likeness (QED) is 0.898. The molecule has 0 heterocycles. The Bertz CT molecular complexity index is 366. The zero-order valence-corrected chi connectivity index (χ0v) is 9.27. The number of benzene rings is 1. The molecule has 90 valence electrons. The summed E-state index contributed by atoms with van der Waals surface area (Å²) in [5.74, 6) is -0.400. The van der Waals surface area contributed by atoms with E-state index in [9.17, 15) is 13.2 Å². The molecule has 0 bridgehead atoms. The zero-order valence-electron chi connectivity index (χ0n) is 8.51. The highest BCUT2D eigenvalue weighted by Crippen LogP contribution is 2.30. The van der Waals surface area contributed by atoms with Gasteiger partial charge in [-0.2, -0.15) is 0 Å². The van der Waals surface area contributed by atoms with Crippen molar-refractivity contribution in [2.24, 2.45) is 5.73 Å². The molecular formula is C10H11ClF3NO. The van der Waals surface area contributed by atoms with E-state index in [1.165, 1.54) is 18.2 Å². The predicted molar refractivity (Wildman–Crippen MR) is 55.5 cm³/mol. The standard InChI is InChI=1S/C10H11ClF3NO/c1-6(15)4-7-2-3-9(8(11)5-7)16-10(12,13)14/h2-3,5-6H,4,15H2,1H3. The molecule has 0 amide bonds. The molecule has 0 fully saturated rings. The summed E-state index contributed by atoms with van der Waals surface area (Å²) in [6, 6.07) is 4.04. The van der Waals surface area contributed by atoms with Crippen LogP contribution in [0.15, 0.2) is 18.2 Å². The van der Waals surface area contributed by atoms with E-state index in [1.807, 2.05) is 0 Å². The molecule has 0 saturated carbocycles. The SMILES string of the molecule is CC(N)Cc1ccc(OC(F)(F)F)c(Cl)c1. The van der Waals surface area contributed by atoms with Gasteiger partial charge in [0.25, 0.3) is 0 Å². The van der Waals surface area contributed by atoms with Gasteiger partial charge in [-0.1, -0.05) is 17.7 Å². The first kappa shape index (κ1) is 13.1. The van der Waals surface area contributed by atoms with Crippen LogP contribution in [0, 0.1) is 0 Å². The number of hydrogen-bond acceptors (Lipinski definition) is 2. The van der Waals surface area contributed by atoms with Gasteiger partial charge in [-0.15, -0.1) is 13.2 Å². The molecule has 1 aromatic rings. The third kappa shape index (κ3) is 4.28. The Labute approximate surface area is 96.1 Å². The van der Waals surface area contributed by atoms with Crippen LogP contribution >= 0.6 is 11.6 Å². The highest BCUT2D eigenvalue weighted by Gasteiger charge is 2.31. The smallest absolute Gasteiger partial charge is 0.404 e. The lowest BCUT2D eigenvalue weighted by molar-refractivity contribution is -0.274. The van der Waals surface area contributed by atoms with Crippen molar-refractivity contribution in [1.82, 2.24) is 0 Å². The van der Waals surface area contributed by atoms with Crippen LogP contribution in [0.1, 0.15) is 12.5 Å². The van der Waals surface area contributed by atoms with Gasteiger partial charge in [0.1, 0.15) is 5.75 Å². The first-order valence-corrected chi connectivity index (χ1v) is 4.95. The van der Waals surface area contributed by atoms with E-state index in [2.05, 4.69) is 4.74 Å². The van der Waals surface area contributed by atoms with Crippen LogP contribution in [0.3, 0.4) is 0 Å². The van der Waals surface area contributed by atoms with Crippen LogP contribution in [-0.2, 0) is 6.42 Å². The maximum Gasteiger partial charge on any atom is 0.573 e. The van der Waals surface area contributed by atoms with E-state index in [-0.39, 0.29) is 11.1 Å². The van der Waals surface area contributed by atoms with Crippen molar-refractivity contribution in [2.75, 3.05) is 0 Å². The average Bonchev–Trinajstić information content (AvgIpc) is 2.06. The number of rotatable bonds is 3. The third-order valence-electron chi connectivity index (χ3n) is 1.78. The van der Waals surface area contributed by atoms with Gasteiger partial charge in [0.15, 0.2) is 0 Å². The van der Waals surface area contributed by atoms with Crippen molar-refractivity contribution < 1.29 is 17.9 Å². The van der Waals surface area contributed by atoms with E-state index in [4.69, 9.17) is 17.3 Å². The van der Waals surface area contributed by atoms with E-state index in [0.29, 0.717) is 6.42 Å². The van der Waals surface area contributed by atoms with Crippen molar-refractivity contribution in [3.8, 4) is 5.75 Å². The molecule has 0 spiro atoms.